The Balaban J connectivity index is 1.58. The minimum atomic E-state index is -0.302. The number of aliphatic hydroxyl groups is 1. The largest absolute Gasteiger partial charge is 0.463 e. The van der Waals surface area contributed by atoms with E-state index in [0.717, 1.165) is 5.56 Å². The number of fused-ring (bicyclic) bond motifs is 1. The van der Waals surface area contributed by atoms with Gasteiger partial charge in [0.05, 0.1) is 30.3 Å². The molecule has 4 heterocycles. The van der Waals surface area contributed by atoms with E-state index in [1.165, 1.54) is 22.0 Å². The molecule has 0 saturated carbocycles. The molecule has 0 fully saturated rings. The molecule has 5 rings (SSSR count). The monoisotopic (exact) mass is 433 g/mol. The molecule has 0 aliphatic carbocycles. The van der Waals surface area contributed by atoms with Crippen LogP contribution < -0.4 is 9.47 Å². The maximum absolute atomic E-state index is 12.9. The number of amides is 1. The van der Waals surface area contributed by atoms with Crippen molar-refractivity contribution in [2.45, 2.75) is 0 Å². The Hall–Kier alpha value is -4.18. The fourth-order valence-corrected chi connectivity index (χ4v) is 3.43. The van der Waals surface area contributed by atoms with Crippen LogP contribution in [0.2, 0.25) is 0 Å². The van der Waals surface area contributed by atoms with Gasteiger partial charge in [-0.15, -0.1) is 0 Å². The lowest BCUT2D eigenvalue weighted by molar-refractivity contribution is 0.0767. The van der Waals surface area contributed by atoms with Gasteiger partial charge in [-0.3, -0.25) is 4.79 Å². The molecule has 3 aromatic heterocycles. The third-order valence-corrected chi connectivity index (χ3v) is 5.04. The molecule has 10 heteroatoms. The highest BCUT2D eigenvalue weighted by Crippen LogP contribution is 2.35. The van der Waals surface area contributed by atoms with Crippen molar-refractivity contribution in [1.82, 2.24) is 24.6 Å². The topological polar surface area (TPSA) is 116 Å². The molecule has 10 nitrogen and oxygen atoms in total. The first-order valence-corrected chi connectivity index (χ1v) is 9.87. The predicted octanol–water partition coefficient (Wildman–Crippen LogP) is 2.38. The molecule has 0 spiro atoms. The number of rotatable bonds is 6. The van der Waals surface area contributed by atoms with Crippen LogP contribution in [0, 0.1) is 0 Å². The summed E-state index contributed by atoms with van der Waals surface area (Å²) in [5.74, 6) is 1.75. The second-order valence-corrected chi connectivity index (χ2v) is 7.06. The molecular formula is C22H19N5O5. The van der Waals surface area contributed by atoms with E-state index in [9.17, 15) is 9.90 Å². The standard InChI is InChI=1S/C22H19N5O5/c1-26(8-9-28)21(29)15-12-24-27(20(15)18-3-2-10-30-18)22-23-7-6-16(25-22)14-4-5-17-19(11-14)32-13-31-17/h2-7,10-12,28H,8-9,13H2,1H3. The average Bonchev–Trinajstić information content (AvgIpc) is 3.58. The maximum Gasteiger partial charge on any atom is 0.257 e. The second kappa shape index (κ2) is 8.16. The number of furan rings is 1. The molecule has 1 N–H and O–H groups in total. The Morgan fingerprint density at radius 2 is 2.09 bits per heavy atom. The lowest BCUT2D eigenvalue weighted by atomic mass is 10.1. The number of nitrogens with zero attached hydrogens (tertiary/aromatic N) is 5. The highest BCUT2D eigenvalue weighted by Gasteiger charge is 2.25. The number of likely N-dealkylation sites (N-methyl/N-ethyl adjacent to an activating group) is 1. The van der Waals surface area contributed by atoms with Crippen LogP contribution in [-0.2, 0) is 0 Å². The molecule has 0 radical (unpaired) electrons. The van der Waals surface area contributed by atoms with Crippen molar-refractivity contribution in [1.29, 1.82) is 0 Å². The normalized spacial score (nSPS) is 12.2. The van der Waals surface area contributed by atoms with Gasteiger partial charge in [-0.05, 0) is 36.4 Å². The lowest BCUT2D eigenvalue weighted by Crippen LogP contribution is -2.29. The van der Waals surface area contributed by atoms with Gasteiger partial charge in [-0.2, -0.15) is 9.78 Å². The first-order valence-electron chi connectivity index (χ1n) is 9.87. The van der Waals surface area contributed by atoms with E-state index in [2.05, 4.69) is 15.1 Å². The predicted molar refractivity (Wildman–Crippen MR) is 112 cm³/mol. The summed E-state index contributed by atoms with van der Waals surface area (Å²) in [6, 6.07) is 10.8. The number of aliphatic hydroxyl groups excluding tert-OH is 1. The van der Waals surface area contributed by atoms with Gasteiger partial charge in [0.1, 0.15) is 5.69 Å². The van der Waals surface area contributed by atoms with Gasteiger partial charge in [0.15, 0.2) is 17.3 Å². The number of hydrogen-bond donors (Lipinski definition) is 1. The quantitative estimate of drug-likeness (QED) is 0.493. The van der Waals surface area contributed by atoms with E-state index in [-0.39, 0.29) is 31.8 Å². The van der Waals surface area contributed by atoms with E-state index in [4.69, 9.17) is 13.9 Å². The van der Waals surface area contributed by atoms with E-state index in [1.54, 1.807) is 31.4 Å². The van der Waals surface area contributed by atoms with Crippen LogP contribution in [0.25, 0.3) is 28.7 Å². The zero-order valence-electron chi connectivity index (χ0n) is 17.1. The van der Waals surface area contributed by atoms with Crippen LogP contribution >= 0.6 is 0 Å². The smallest absolute Gasteiger partial charge is 0.257 e. The van der Waals surface area contributed by atoms with Crippen molar-refractivity contribution < 1.29 is 23.8 Å². The van der Waals surface area contributed by atoms with E-state index in [0.29, 0.717) is 34.2 Å². The number of carbonyl (C=O) groups is 1. The van der Waals surface area contributed by atoms with Gasteiger partial charge in [0.2, 0.25) is 6.79 Å². The maximum atomic E-state index is 12.9. The zero-order chi connectivity index (χ0) is 22.1. The summed E-state index contributed by atoms with van der Waals surface area (Å²) in [4.78, 5) is 23.4. The number of carbonyl (C=O) groups excluding carboxylic acids is 1. The van der Waals surface area contributed by atoms with Crippen molar-refractivity contribution in [3.63, 3.8) is 0 Å². The molecule has 162 valence electrons. The molecule has 4 aromatic rings. The molecular weight excluding hydrogens is 414 g/mol. The third kappa shape index (κ3) is 3.46. The molecule has 0 saturated heterocycles. The van der Waals surface area contributed by atoms with Gasteiger partial charge in [-0.25, -0.2) is 9.97 Å². The highest BCUT2D eigenvalue weighted by atomic mass is 16.7. The summed E-state index contributed by atoms with van der Waals surface area (Å²) in [5.41, 5.74) is 2.21. The fourth-order valence-electron chi connectivity index (χ4n) is 3.43. The minimum absolute atomic E-state index is 0.146. The van der Waals surface area contributed by atoms with Crippen LogP contribution in [-0.4, -0.2) is 62.7 Å². The van der Waals surface area contributed by atoms with E-state index in [1.807, 2.05) is 18.2 Å². The summed E-state index contributed by atoms with van der Waals surface area (Å²) in [5, 5.41) is 13.6. The molecule has 0 unspecified atom stereocenters. The molecule has 0 atom stereocenters. The summed E-state index contributed by atoms with van der Waals surface area (Å²) < 4.78 is 17.9. The Morgan fingerprint density at radius 1 is 1.22 bits per heavy atom. The Labute approximate surface area is 182 Å². The summed E-state index contributed by atoms with van der Waals surface area (Å²) in [7, 11) is 1.61. The van der Waals surface area contributed by atoms with Gasteiger partial charge in [0.25, 0.3) is 11.9 Å². The zero-order valence-corrected chi connectivity index (χ0v) is 17.1. The van der Waals surface area contributed by atoms with Gasteiger partial charge >= 0.3 is 0 Å². The van der Waals surface area contributed by atoms with Crippen molar-refractivity contribution in [3.05, 3.63) is 60.6 Å². The van der Waals surface area contributed by atoms with Gasteiger partial charge in [0, 0.05) is 25.4 Å². The minimum Gasteiger partial charge on any atom is -0.463 e. The van der Waals surface area contributed by atoms with Crippen LogP contribution in [0.5, 0.6) is 11.5 Å². The molecule has 32 heavy (non-hydrogen) atoms. The summed E-state index contributed by atoms with van der Waals surface area (Å²) in [6.45, 7) is 0.236. The number of hydrogen-bond acceptors (Lipinski definition) is 8. The average molecular weight is 433 g/mol. The second-order valence-electron chi connectivity index (χ2n) is 7.06. The number of ether oxygens (including phenoxy) is 2. The van der Waals surface area contributed by atoms with Crippen LogP contribution in [0.1, 0.15) is 10.4 Å². The van der Waals surface area contributed by atoms with Crippen LogP contribution in [0.15, 0.2) is 59.5 Å². The molecule has 1 aromatic carbocycles. The van der Waals surface area contributed by atoms with Crippen molar-refractivity contribution in [3.8, 4) is 40.2 Å². The van der Waals surface area contributed by atoms with Crippen molar-refractivity contribution in [2.24, 2.45) is 0 Å². The first-order chi connectivity index (χ1) is 15.7. The molecule has 1 aliphatic heterocycles. The Bertz CT molecular complexity index is 1270. The molecule has 0 bridgehead atoms. The van der Waals surface area contributed by atoms with Crippen molar-refractivity contribution >= 4 is 5.91 Å². The summed E-state index contributed by atoms with van der Waals surface area (Å²) >= 11 is 0. The Morgan fingerprint density at radius 3 is 2.91 bits per heavy atom. The van der Waals surface area contributed by atoms with E-state index < -0.39 is 0 Å². The number of benzene rings is 1. The molecule has 1 aliphatic rings. The van der Waals surface area contributed by atoms with Gasteiger partial charge in [-0.1, -0.05) is 0 Å². The van der Waals surface area contributed by atoms with Crippen molar-refractivity contribution in [2.75, 3.05) is 27.0 Å². The van der Waals surface area contributed by atoms with Gasteiger partial charge < -0.3 is 23.9 Å². The van der Waals surface area contributed by atoms with E-state index >= 15 is 0 Å². The van der Waals surface area contributed by atoms with Crippen LogP contribution in [0.3, 0.4) is 0 Å². The summed E-state index contributed by atoms with van der Waals surface area (Å²) in [6.07, 6.45) is 4.59. The Kier molecular flexibility index (Phi) is 5.04. The number of aromatic nitrogens is 4. The van der Waals surface area contributed by atoms with Crippen LogP contribution in [0.4, 0.5) is 0 Å². The third-order valence-electron chi connectivity index (χ3n) is 5.04. The highest BCUT2D eigenvalue weighted by molar-refractivity contribution is 5.99. The fraction of sp³-hybridized carbons (Fsp3) is 0.182. The molecule has 1 amide bonds. The first kappa shape index (κ1) is 19.8. The lowest BCUT2D eigenvalue weighted by Gasteiger charge is -2.15. The SMILES string of the molecule is CN(CCO)C(=O)c1cnn(-c2nccc(-c3ccc4c(c3)OCO4)n2)c1-c1ccco1.